The Morgan fingerprint density at radius 2 is 1.71 bits per heavy atom. The highest BCUT2D eigenvalue weighted by Gasteiger charge is 2.42. The largest absolute Gasteiger partial charge is 0.506 e. The molecule has 1 aliphatic rings. The molecule has 12 nitrogen and oxygen atoms in total. The van der Waals surface area contributed by atoms with Crippen LogP contribution < -0.4 is 21.5 Å². The van der Waals surface area contributed by atoms with E-state index in [0.717, 1.165) is 5.56 Å². The fraction of sp³-hybridized carbons (Fsp3) is 0.455. The number of aliphatic hydroxyl groups excluding tert-OH is 1. The predicted octanol–water partition coefficient (Wildman–Crippen LogP) is 3.24. The van der Waals surface area contributed by atoms with Gasteiger partial charge in [-0.15, -0.1) is 0 Å². The van der Waals surface area contributed by atoms with Crippen LogP contribution in [-0.2, 0) is 25.7 Å². The van der Waals surface area contributed by atoms with Gasteiger partial charge in [0.25, 0.3) is 0 Å². The molecule has 0 unspecified atom stereocenters. The lowest BCUT2D eigenvalue weighted by Gasteiger charge is -2.31. The van der Waals surface area contributed by atoms with Gasteiger partial charge in [-0.05, 0) is 61.1 Å². The van der Waals surface area contributed by atoms with E-state index in [1.165, 1.54) is 12.1 Å². The van der Waals surface area contributed by atoms with Crippen molar-refractivity contribution in [2.24, 2.45) is 0 Å². The maximum absolute atomic E-state index is 12.4. The van der Waals surface area contributed by atoms with Crippen LogP contribution in [0, 0.1) is 0 Å². The average Bonchev–Trinajstić information content (AvgIpc) is 3.05. The first-order chi connectivity index (χ1) is 22.9. The molecule has 1 aromatic heterocycles. The number of pyridine rings is 1. The van der Waals surface area contributed by atoms with Gasteiger partial charge >= 0.3 is 12.1 Å². The Morgan fingerprint density at radius 3 is 2.42 bits per heavy atom. The van der Waals surface area contributed by atoms with Crippen molar-refractivity contribution in [3.05, 3.63) is 70.0 Å². The van der Waals surface area contributed by atoms with Gasteiger partial charge in [0.1, 0.15) is 11.9 Å². The Kier molecular flexibility index (Phi) is 12.9. The van der Waals surface area contributed by atoms with Crippen molar-refractivity contribution in [2.45, 2.75) is 63.5 Å². The van der Waals surface area contributed by atoms with Crippen molar-refractivity contribution < 1.29 is 42.5 Å². The molecule has 6 N–H and O–H groups in total. The average molecular weight is 676 g/mol. The fourth-order valence-corrected chi connectivity index (χ4v) is 5.40. The van der Waals surface area contributed by atoms with E-state index in [4.69, 9.17) is 0 Å². The van der Waals surface area contributed by atoms with Crippen molar-refractivity contribution in [3.8, 4) is 5.75 Å². The maximum Gasteiger partial charge on any atom is 0.490 e. The molecule has 2 heterocycles. The molecule has 1 fully saturated rings. The highest BCUT2D eigenvalue weighted by Crippen LogP contribution is 2.28. The summed E-state index contributed by atoms with van der Waals surface area (Å²) in [4.78, 5) is 51.6. The highest BCUT2D eigenvalue weighted by molar-refractivity contribution is 5.90. The summed E-state index contributed by atoms with van der Waals surface area (Å²) < 4.78 is 41.5. The topological polar surface area (TPSA) is 173 Å². The Morgan fingerprint density at radius 1 is 0.979 bits per heavy atom. The third-order valence-corrected chi connectivity index (χ3v) is 8.02. The van der Waals surface area contributed by atoms with Gasteiger partial charge in [-0.3, -0.25) is 14.4 Å². The number of aromatic amines is 1. The number of likely N-dealkylation sites (tertiary alicyclic amines) is 1. The van der Waals surface area contributed by atoms with E-state index in [0.29, 0.717) is 62.2 Å². The van der Waals surface area contributed by atoms with Crippen LogP contribution in [0.1, 0.15) is 55.8 Å². The molecule has 2 amide bonds. The van der Waals surface area contributed by atoms with Crippen molar-refractivity contribution >= 4 is 34.4 Å². The van der Waals surface area contributed by atoms with Crippen molar-refractivity contribution in [3.63, 3.8) is 0 Å². The van der Waals surface area contributed by atoms with Gasteiger partial charge in [-0.1, -0.05) is 18.2 Å². The normalized spacial score (nSPS) is 14.8. The van der Waals surface area contributed by atoms with Gasteiger partial charge in [0, 0.05) is 69.3 Å². The van der Waals surface area contributed by atoms with E-state index >= 15 is 0 Å². The second-order valence-corrected chi connectivity index (χ2v) is 11.7. The molecule has 4 rings (SSSR count). The number of rotatable bonds is 15. The molecule has 0 radical (unpaired) electrons. The summed E-state index contributed by atoms with van der Waals surface area (Å²) in [5.41, 5.74) is 2.07. The monoisotopic (exact) mass is 675 g/mol. The van der Waals surface area contributed by atoms with Crippen LogP contribution in [0.3, 0.4) is 0 Å². The van der Waals surface area contributed by atoms with Gasteiger partial charge < -0.3 is 40.8 Å². The molecule has 1 atom stereocenters. The van der Waals surface area contributed by atoms with Crippen molar-refractivity contribution in [1.82, 2.24) is 20.5 Å². The summed E-state index contributed by atoms with van der Waals surface area (Å²) in [5, 5.41) is 30.1. The van der Waals surface area contributed by atoms with E-state index in [2.05, 4.69) is 25.7 Å². The number of phenolic OH excluding ortho intramolecular Hbond substituents is 1. The first kappa shape index (κ1) is 36.4. The molecule has 0 saturated carbocycles. The molecular formula is C33H40F3N5O7. The van der Waals surface area contributed by atoms with Gasteiger partial charge in [0.15, 0.2) is 0 Å². The zero-order valence-electron chi connectivity index (χ0n) is 26.3. The number of halogens is 3. The number of anilines is 1. The molecule has 260 valence electrons. The number of aromatic hydroxyl groups is 1. The standard InChI is InChI=1S/C33H40F3N5O7/c34-33(35,36)32(47)48-23-12-16-41(17-13-23)18-14-28(44)38-15-2-1-3-29(45)39-22-6-4-21(5-7-22)19-37-20-27(43)24-8-10-26(42)31-25(24)9-11-30(46)40-31/h4-11,23,27,37,42-43H,1-3,12-20H2,(H,38,44)(H,39,45)(H,40,46)/t27-/m0/s1. The third kappa shape index (κ3) is 11.1. The molecule has 1 aliphatic heterocycles. The van der Waals surface area contributed by atoms with E-state index in [9.17, 15) is 42.6 Å². The number of ether oxygens (including phenoxy) is 1. The third-order valence-electron chi connectivity index (χ3n) is 8.02. The number of piperidine rings is 1. The molecule has 0 bridgehead atoms. The number of fused-ring (bicyclic) bond motifs is 1. The number of alkyl halides is 3. The number of esters is 1. The van der Waals surface area contributed by atoms with Crippen LogP contribution in [0.4, 0.5) is 18.9 Å². The van der Waals surface area contributed by atoms with E-state index in [1.807, 2.05) is 17.0 Å². The number of nitrogens with one attached hydrogen (secondary N) is 4. The predicted molar refractivity (Wildman–Crippen MR) is 171 cm³/mol. The minimum Gasteiger partial charge on any atom is -0.506 e. The number of carbonyl (C=O) groups excluding carboxylic acids is 3. The number of nitrogens with zero attached hydrogens (tertiary/aromatic N) is 1. The first-order valence-electron chi connectivity index (χ1n) is 15.8. The van der Waals surface area contributed by atoms with Gasteiger partial charge in [0.2, 0.25) is 17.4 Å². The summed E-state index contributed by atoms with van der Waals surface area (Å²) >= 11 is 0. The Labute approximate surface area is 274 Å². The number of hydrogen-bond acceptors (Lipinski definition) is 9. The summed E-state index contributed by atoms with van der Waals surface area (Å²) in [6.45, 7) is 2.44. The molecule has 15 heteroatoms. The fourth-order valence-electron chi connectivity index (χ4n) is 5.40. The zero-order chi connectivity index (χ0) is 34.7. The summed E-state index contributed by atoms with van der Waals surface area (Å²) in [5.74, 6) is -2.55. The lowest BCUT2D eigenvalue weighted by molar-refractivity contribution is -0.206. The number of amides is 2. The summed E-state index contributed by atoms with van der Waals surface area (Å²) in [7, 11) is 0. The number of aromatic nitrogens is 1. The minimum absolute atomic E-state index is 0.0744. The van der Waals surface area contributed by atoms with E-state index < -0.39 is 24.4 Å². The molecule has 2 aromatic carbocycles. The number of H-pyrrole nitrogens is 1. The summed E-state index contributed by atoms with van der Waals surface area (Å²) in [6.07, 6.45) is -4.38. The van der Waals surface area contributed by atoms with Crippen molar-refractivity contribution in [2.75, 3.05) is 38.0 Å². The van der Waals surface area contributed by atoms with E-state index in [1.54, 1.807) is 24.3 Å². The van der Waals surface area contributed by atoms with Gasteiger partial charge in [-0.25, -0.2) is 4.79 Å². The molecule has 1 saturated heterocycles. The molecule has 0 aliphatic carbocycles. The number of hydrogen-bond donors (Lipinski definition) is 6. The Hall–Kier alpha value is -4.47. The van der Waals surface area contributed by atoms with Crippen LogP contribution in [0.25, 0.3) is 10.9 Å². The summed E-state index contributed by atoms with van der Waals surface area (Å²) in [6, 6.07) is 13.2. The quantitative estimate of drug-likeness (QED) is 0.104. The van der Waals surface area contributed by atoms with Gasteiger partial charge in [-0.2, -0.15) is 13.2 Å². The number of carbonyl (C=O) groups is 3. The maximum atomic E-state index is 12.4. The lowest BCUT2D eigenvalue weighted by atomic mass is 10.0. The van der Waals surface area contributed by atoms with E-state index in [-0.39, 0.29) is 60.9 Å². The van der Waals surface area contributed by atoms with Crippen LogP contribution >= 0.6 is 0 Å². The number of aliphatic hydroxyl groups is 1. The minimum atomic E-state index is -5.00. The first-order valence-corrected chi connectivity index (χ1v) is 15.8. The smallest absolute Gasteiger partial charge is 0.490 e. The molecule has 0 spiro atoms. The van der Waals surface area contributed by atoms with Crippen molar-refractivity contribution in [1.29, 1.82) is 0 Å². The Balaban J connectivity index is 1.05. The SMILES string of the molecule is O=C(CCN1CCC(OC(=O)C(F)(F)F)CC1)NCCCCC(=O)Nc1ccc(CNC[C@H](O)c2ccc(O)c3[nH]c(=O)ccc23)cc1. The van der Waals surface area contributed by atoms with Gasteiger partial charge in [0.05, 0.1) is 11.6 Å². The molecular weight excluding hydrogens is 635 g/mol. The van der Waals surface area contributed by atoms with Crippen LogP contribution in [-0.4, -0.2) is 82.9 Å². The number of phenols is 1. The Bertz CT molecular complexity index is 1610. The second kappa shape index (κ2) is 17.1. The van der Waals surface area contributed by atoms with Crippen LogP contribution in [0.15, 0.2) is 53.3 Å². The molecule has 3 aromatic rings. The highest BCUT2D eigenvalue weighted by atomic mass is 19.4. The number of benzene rings is 2. The number of unbranched alkanes of at least 4 members (excludes halogenated alkanes) is 1. The van der Waals surface area contributed by atoms with Crippen LogP contribution in [0.2, 0.25) is 0 Å². The van der Waals surface area contributed by atoms with Crippen LogP contribution in [0.5, 0.6) is 5.75 Å². The lowest BCUT2D eigenvalue weighted by Crippen LogP contribution is -2.41. The second-order valence-electron chi connectivity index (χ2n) is 11.7. The molecule has 48 heavy (non-hydrogen) atoms. The zero-order valence-corrected chi connectivity index (χ0v) is 26.3.